The van der Waals surface area contributed by atoms with Crippen molar-refractivity contribution in [1.82, 2.24) is 4.90 Å². The number of nitrogens with zero attached hydrogens (tertiary/aromatic N) is 1. The van der Waals surface area contributed by atoms with Gasteiger partial charge in [0.2, 0.25) is 11.8 Å². The molecule has 0 aromatic rings. The molecule has 5 nitrogen and oxygen atoms in total. The van der Waals surface area contributed by atoms with Crippen molar-refractivity contribution < 1.29 is 9.59 Å². The van der Waals surface area contributed by atoms with Gasteiger partial charge in [0.05, 0.1) is 12.5 Å². The SMILES string of the molecule is CC(N)C(C)C(=O)N(CC(N)=O)C1CCCC1. The van der Waals surface area contributed by atoms with E-state index in [1.54, 1.807) is 18.7 Å². The normalized spacial score (nSPS) is 19.9. The highest BCUT2D eigenvalue weighted by Gasteiger charge is 2.31. The summed E-state index contributed by atoms with van der Waals surface area (Å²) in [5, 5.41) is 0. The van der Waals surface area contributed by atoms with E-state index in [0.29, 0.717) is 0 Å². The summed E-state index contributed by atoms with van der Waals surface area (Å²) in [4.78, 5) is 24.9. The second kappa shape index (κ2) is 6.00. The first-order valence-corrected chi connectivity index (χ1v) is 6.28. The van der Waals surface area contributed by atoms with E-state index >= 15 is 0 Å². The van der Waals surface area contributed by atoms with Crippen LogP contribution in [0.1, 0.15) is 39.5 Å². The molecule has 0 aromatic heterocycles. The molecule has 2 unspecified atom stereocenters. The van der Waals surface area contributed by atoms with Crippen molar-refractivity contribution in [3.63, 3.8) is 0 Å². The third-order valence-electron chi connectivity index (χ3n) is 3.55. The number of primary amides is 1. The van der Waals surface area contributed by atoms with Gasteiger partial charge in [-0.3, -0.25) is 9.59 Å². The van der Waals surface area contributed by atoms with Gasteiger partial charge < -0.3 is 16.4 Å². The molecule has 0 heterocycles. The maximum absolute atomic E-state index is 12.2. The zero-order chi connectivity index (χ0) is 13.0. The monoisotopic (exact) mass is 241 g/mol. The van der Waals surface area contributed by atoms with Gasteiger partial charge in [-0.15, -0.1) is 0 Å². The van der Waals surface area contributed by atoms with Gasteiger partial charge in [0.15, 0.2) is 0 Å². The summed E-state index contributed by atoms with van der Waals surface area (Å²) < 4.78 is 0. The molecule has 17 heavy (non-hydrogen) atoms. The van der Waals surface area contributed by atoms with Gasteiger partial charge in [0, 0.05) is 12.1 Å². The topological polar surface area (TPSA) is 89.4 Å². The first-order chi connectivity index (χ1) is 7.93. The Morgan fingerprint density at radius 3 is 2.24 bits per heavy atom. The van der Waals surface area contributed by atoms with Crippen molar-refractivity contribution in [3.05, 3.63) is 0 Å². The molecule has 1 aliphatic carbocycles. The minimum absolute atomic E-state index is 0.0144. The number of carbonyl (C=O) groups is 2. The van der Waals surface area contributed by atoms with E-state index in [9.17, 15) is 9.59 Å². The molecule has 5 heteroatoms. The van der Waals surface area contributed by atoms with Crippen LogP contribution in [0.15, 0.2) is 0 Å². The number of carbonyl (C=O) groups excluding carboxylic acids is 2. The smallest absolute Gasteiger partial charge is 0.237 e. The molecule has 4 N–H and O–H groups in total. The van der Waals surface area contributed by atoms with Crippen LogP contribution in [0.25, 0.3) is 0 Å². The van der Waals surface area contributed by atoms with Crippen LogP contribution in [0.2, 0.25) is 0 Å². The molecular weight excluding hydrogens is 218 g/mol. The summed E-state index contributed by atoms with van der Waals surface area (Å²) in [5.41, 5.74) is 11.0. The van der Waals surface area contributed by atoms with Gasteiger partial charge in [-0.1, -0.05) is 19.8 Å². The third-order valence-corrected chi connectivity index (χ3v) is 3.55. The zero-order valence-corrected chi connectivity index (χ0v) is 10.7. The molecule has 2 atom stereocenters. The lowest BCUT2D eigenvalue weighted by Gasteiger charge is -2.31. The van der Waals surface area contributed by atoms with Crippen molar-refractivity contribution in [2.45, 2.75) is 51.6 Å². The second-order valence-corrected chi connectivity index (χ2v) is 5.02. The minimum Gasteiger partial charge on any atom is -0.368 e. The van der Waals surface area contributed by atoms with Crippen LogP contribution in [-0.2, 0) is 9.59 Å². The fourth-order valence-electron chi connectivity index (χ4n) is 2.26. The Balaban J connectivity index is 2.74. The molecular formula is C12H23N3O2. The molecule has 0 spiro atoms. The fraction of sp³-hybridized carbons (Fsp3) is 0.833. The van der Waals surface area contributed by atoms with Gasteiger partial charge in [-0.05, 0) is 19.8 Å². The van der Waals surface area contributed by atoms with Crippen LogP contribution in [0, 0.1) is 5.92 Å². The lowest BCUT2D eigenvalue weighted by Crippen LogP contribution is -2.49. The molecule has 2 amide bonds. The number of amides is 2. The van der Waals surface area contributed by atoms with E-state index in [1.165, 1.54) is 0 Å². The zero-order valence-electron chi connectivity index (χ0n) is 10.7. The Hall–Kier alpha value is -1.10. The van der Waals surface area contributed by atoms with Crippen LogP contribution < -0.4 is 11.5 Å². The van der Waals surface area contributed by atoms with Crippen molar-refractivity contribution >= 4 is 11.8 Å². The molecule has 1 saturated carbocycles. The first-order valence-electron chi connectivity index (χ1n) is 6.28. The van der Waals surface area contributed by atoms with E-state index in [4.69, 9.17) is 11.5 Å². The van der Waals surface area contributed by atoms with Crippen LogP contribution >= 0.6 is 0 Å². The molecule has 0 saturated heterocycles. The Kier molecular flexibility index (Phi) is 4.93. The summed E-state index contributed by atoms with van der Waals surface area (Å²) in [6.45, 7) is 3.62. The minimum atomic E-state index is -0.456. The summed E-state index contributed by atoms with van der Waals surface area (Å²) in [5.74, 6) is -0.775. The highest BCUT2D eigenvalue weighted by Crippen LogP contribution is 2.24. The predicted octanol–water partition coefficient (Wildman–Crippen LogP) is 0.226. The molecule has 0 aromatic carbocycles. The van der Waals surface area contributed by atoms with Crippen molar-refractivity contribution in [3.8, 4) is 0 Å². The third kappa shape index (κ3) is 3.70. The number of nitrogens with two attached hydrogens (primary N) is 2. The van der Waals surface area contributed by atoms with Gasteiger partial charge in [0.25, 0.3) is 0 Å². The average molecular weight is 241 g/mol. The second-order valence-electron chi connectivity index (χ2n) is 5.02. The Morgan fingerprint density at radius 2 is 1.82 bits per heavy atom. The average Bonchev–Trinajstić information content (AvgIpc) is 2.76. The molecule has 1 aliphatic rings. The van der Waals surface area contributed by atoms with Crippen LogP contribution in [0.5, 0.6) is 0 Å². The molecule has 1 rings (SSSR count). The van der Waals surface area contributed by atoms with Crippen LogP contribution in [0.3, 0.4) is 0 Å². The van der Waals surface area contributed by atoms with Gasteiger partial charge >= 0.3 is 0 Å². The van der Waals surface area contributed by atoms with Crippen LogP contribution in [-0.4, -0.2) is 35.3 Å². The summed E-state index contributed by atoms with van der Waals surface area (Å²) in [7, 11) is 0. The standard InChI is InChI=1S/C12H23N3O2/c1-8(9(2)13)12(17)15(7-11(14)16)10-5-3-4-6-10/h8-10H,3-7,13H2,1-2H3,(H2,14,16). The van der Waals surface area contributed by atoms with Crippen LogP contribution in [0.4, 0.5) is 0 Å². The summed E-state index contributed by atoms with van der Waals surface area (Å²) in [6.07, 6.45) is 4.15. The van der Waals surface area contributed by atoms with Gasteiger partial charge in [0.1, 0.15) is 0 Å². The van der Waals surface area contributed by atoms with Gasteiger partial charge in [-0.2, -0.15) is 0 Å². The summed E-state index contributed by atoms with van der Waals surface area (Å²) >= 11 is 0. The van der Waals surface area contributed by atoms with Crippen molar-refractivity contribution in [2.75, 3.05) is 6.54 Å². The maximum atomic E-state index is 12.2. The van der Waals surface area contributed by atoms with E-state index in [2.05, 4.69) is 0 Å². The first kappa shape index (κ1) is 14.0. The Morgan fingerprint density at radius 1 is 1.29 bits per heavy atom. The van der Waals surface area contributed by atoms with E-state index in [-0.39, 0.29) is 30.5 Å². The number of hydrogen-bond acceptors (Lipinski definition) is 3. The highest BCUT2D eigenvalue weighted by molar-refractivity contribution is 5.85. The van der Waals surface area contributed by atoms with Gasteiger partial charge in [-0.25, -0.2) is 0 Å². The Bertz CT molecular complexity index is 285. The quantitative estimate of drug-likeness (QED) is 0.722. The molecule has 98 valence electrons. The highest BCUT2D eigenvalue weighted by atomic mass is 16.2. The van der Waals surface area contributed by atoms with E-state index < -0.39 is 5.91 Å². The Labute approximate surface area is 103 Å². The summed E-state index contributed by atoms with van der Waals surface area (Å²) in [6, 6.07) is -0.0459. The van der Waals surface area contributed by atoms with E-state index in [1.807, 2.05) is 0 Å². The molecule has 0 bridgehead atoms. The lowest BCUT2D eigenvalue weighted by molar-refractivity contribution is -0.141. The van der Waals surface area contributed by atoms with Crippen molar-refractivity contribution in [2.24, 2.45) is 17.4 Å². The molecule has 1 fully saturated rings. The lowest BCUT2D eigenvalue weighted by atomic mass is 10.0. The fourth-order valence-corrected chi connectivity index (χ4v) is 2.26. The number of hydrogen-bond donors (Lipinski definition) is 2. The number of rotatable bonds is 5. The predicted molar refractivity (Wildman–Crippen MR) is 66.0 cm³/mol. The largest absolute Gasteiger partial charge is 0.368 e. The van der Waals surface area contributed by atoms with Crippen molar-refractivity contribution in [1.29, 1.82) is 0 Å². The molecule has 0 radical (unpaired) electrons. The maximum Gasteiger partial charge on any atom is 0.237 e. The van der Waals surface area contributed by atoms with E-state index in [0.717, 1.165) is 25.7 Å². The molecule has 0 aliphatic heterocycles.